The van der Waals surface area contributed by atoms with Crippen LogP contribution in [0.2, 0.25) is 0 Å². The lowest BCUT2D eigenvalue weighted by Crippen LogP contribution is -2.22. The quantitative estimate of drug-likeness (QED) is 0.668. The molecule has 0 N–H and O–H groups in total. The zero-order valence-electron chi connectivity index (χ0n) is 11.0. The minimum atomic E-state index is -0.118. The Kier molecular flexibility index (Phi) is 7.23. The van der Waals surface area contributed by atoms with Crippen molar-refractivity contribution in [3.63, 3.8) is 0 Å². The summed E-state index contributed by atoms with van der Waals surface area (Å²) >= 11 is 0. The van der Waals surface area contributed by atoms with E-state index in [1.165, 1.54) is 32.1 Å². The second-order valence-electron chi connectivity index (χ2n) is 5.02. The fourth-order valence-corrected chi connectivity index (χ4v) is 2.51. The molecule has 0 aromatic carbocycles. The first-order valence-electron chi connectivity index (χ1n) is 6.81. The highest BCUT2D eigenvalue weighted by Gasteiger charge is 2.29. The molecule has 0 heterocycles. The first-order valence-corrected chi connectivity index (χ1v) is 6.81. The number of ether oxygens (including phenoxy) is 2. The summed E-state index contributed by atoms with van der Waals surface area (Å²) in [5.74, 6) is 0. The normalized spacial score (nSPS) is 20.2. The molecule has 0 aromatic rings. The van der Waals surface area contributed by atoms with Crippen molar-refractivity contribution in [2.75, 3.05) is 26.9 Å². The molecule has 1 rings (SSSR count). The molecule has 0 radical (unpaired) electrons. The summed E-state index contributed by atoms with van der Waals surface area (Å²) in [4.78, 5) is 0. The van der Waals surface area contributed by atoms with Gasteiger partial charge in [0, 0.05) is 13.7 Å². The summed E-state index contributed by atoms with van der Waals surface area (Å²) in [6.45, 7) is 1.97. The van der Waals surface area contributed by atoms with E-state index in [9.17, 15) is 5.26 Å². The summed E-state index contributed by atoms with van der Waals surface area (Å²) in [5, 5.41) is 9.43. The summed E-state index contributed by atoms with van der Waals surface area (Å²) in [6, 6.07) is 2.56. The summed E-state index contributed by atoms with van der Waals surface area (Å²) < 4.78 is 10.4. The molecule has 0 aliphatic heterocycles. The van der Waals surface area contributed by atoms with Crippen molar-refractivity contribution >= 4 is 0 Å². The molecular weight excluding hydrogens is 214 g/mol. The van der Waals surface area contributed by atoms with E-state index >= 15 is 0 Å². The number of methoxy groups -OCH3 is 1. The van der Waals surface area contributed by atoms with Gasteiger partial charge >= 0.3 is 0 Å². The van der Waals surface area contributed by atoms with Crippen molar-refractivity contribution in [3.8, 4) is 6.07 Å². The third kappa shape index (κ3) is 5.52. The van der Waals surface area contributed by atoms with E-state index in [1.54, 1.807) is 7.11 Å². The summed E-state index contributed by atoms with van der Waals surface area (Å²) in [7, 11) is 1.68. The first-order chi connectivity index (χ1) is 8.33. The highest BCUT2D eigenvalue weighted by Crippen LogP contribution is 2.36. The number of hydrogen-bond donors (Lipinski definition) is 0. The second-order valence-corrected chi connectivity index (χ2v) is 5.02. The molecule has 0 atom stereocenters. The van der Waals surface area contributed by atoms with Gasteiger partial charge in [0.05, 0.1) is 24.7 Å². The lowest BCUT2D eigenvalue weighted by Gasteiger charge is -2.28. The van der Waals surface area contributed by atoms with Crippen molar-refractivity contribution in [1.82, 2.24) is 0 Å². The monoisotopic (exact) mass is 239 g/mol. The second kappa shape index (κ2) is 8.49. The van der Waals surface area contributed by atoms with Gasteiger partial charge in [-0.2, -0.15) is 5.26 Å². The molecule has 0 saturated heterocycles. The van der Waals surface area contributed by atoms with Crippen LogP contribution in [0.1, 0.15) is 51.4 Å². The van der Waals surface area contributed by atoms with Gasteiger partial charge < -0.3 is 9.47 Å². The molecule has 1 aliphatic carbocycles. The molecule has 0 amide bonds. The number of nitrogens with zero attached hydrogens (tertiary/aromatic N) is 1. The van der Waals surface area contributed by atoms with Crippen molar-refractivity contribution in [3.05, 3.63) is 0 Å². The van der Waals surface area contributed by atoms with E-state index in [-0.39, 0.29) is 5.41 Å². The third-order valence-corrected chi connectivity index (χ3v) is 3.70. The fraction of sp³-hybridized carbons (Fsp3) is 0.929. The Morgan fingerprint density at radius 3 is 2.24 bits per heavy atom. The van der Waals surface area contributed by atoms with Crippen molar-refractivity contribution in [1.29, 1.82) is 5.26 Å². The van der Waals surface area contributed by atoms with Gasteiger partial charge in [0.25, 0.3) is 0 Å². The predicted octanol–water partition coefficient (Wildman–Crippen LogP) is 3.29. The van der Waals surface area contributed by atoms with E-state index in [1.807, 2.05) is 0 Å². The van der Waals surface area contributed by atoms with Crippen molar-refractivity contribution in [2.45, 2.75) is 51.4 Å². The van der Waals surface area contributed by atoms with Crippen LogP contribution in [0, 0.1) is 16.7 Å². The largest absolute Gasteiger partial charge is 0.382 e. The Bertz CT molecular complexity index is 227. The van der Waals surface area contributed by atoms with Gasteiger partial charge in [-0.3, -0.25) is 0 Å². The molecule has 3 nitrogen and oxygen atoms in total. The van der Waals surface area contributed by atoms with E-state index in [0.717, 1.165) is 19.3 Å². The molecule has 1 saturated carbocycles. The minimum absolute atomic E-state index is 0.118. The number of rotatable bonds is 6. The molecule has 0 unspecified atom stereocenters. The molecule has 1 aliphatic rings. The van der Waals surface area contributed by atoms with Crippen LogP contribution in [0.15, 0.2) is 0 Å². The Labute approximate surface area is 105 Å². The van der Waals surface area contributed by atoms with Crippen molar-refractivity contribution < 1.29 is 9.47 Å². The summed E-state index contributed by atoms with van der Waals surface area (Å²) in [6.07, 6.45) is 9.30. The average molecular weight is 239 g/mol. The van der Waals surface area contributed by atoms with E-state index < -0.39 is 0 Å². The van der Waals surface area contributed by atoms with Crippen molar-refractivity contribution in [2.24, 2.45) is 5.41 Å². The SMILES string of the molecule is COCCOCCC1(C#N)CCCCCCC1. The van der Waals surface area contributed by atoms with Gasteiger partial charge in [-0.25, -0.2) is 0 Å². The number of hydrogen-bond acceptors (Lipinski definition) is 3. The first kappa shape index (κ1) is 14.5. The standard InChI is InChI=1S/C14H25NO2/c1-16-11-12-17-10-9-14(13-15)7-5-3-2-4-6-8-14/h2-12H2,1H3. The summed E-state index contributed by atoms with van der Waals surface area (Å²) in [5.41, 5.74) is -0.118. The van der Waals surface area contributed by atoms with E-state index in [2.05, 4.69) is 6.07 Å². The van der Waals surface area contributed by atoms with Gasteiger partial charge in [0.2, 0.25) is 0 Å². The maximum atomic E-state index is 9.43. The molecule has 0 aromatic heterocycles. The van der Waals surface area contributed by atoms with Crippen LogP contribution in [-0.2, 0) is 9.47 Å². The molecule has 0 bridgehead atoms. The minimum Gasteiger partial charge on any atom is -0.382 e. The fourth-order valence-electron chi connectivity index (χ4n) is 2.51. The van der Waals surface area contributed by atoms with E-state index in [0.29, 0.717) is 19.8 Å². The van der Waals surface area contributed by atoms with Crippen LogP contribution in [-0.4, -0.2) is 26.9 Å². The third-order valence-electron chi connectivity index (χ3n) is 3.70. The lowest BCUT2D eigenvalue weighted by atomic mass is 9.75. The van der Waals surface area contributed by atoms with Crippen LogP contribution in [0.3, 0.4) is 0 Å². The molecule has 3 heteroatoms. The predicted molar refractivity (Wildman–Crippen MR) is 67.7 cm³/mol. The maximum Gasteiger partial charge on any atom is 0.0700 e. The Hall–Kier alpha value is -0.590. The van der Waals surface area contributed by atoms with Gasteiger partial charge in [0.1, 0.15) is 0 Å². The average Bonchev–Trinajstić information content (AvgIpc) is 2.32. The maximum absolute atomic E-state index is 9.43. The Morgan fingerprint density at radius 1 is 1.00 bits per heavy atom. The smallest absolute Gasteiger partial charge is 0.0700 e. The number of nitriles is 1. The molecule has 0 spiro atoms. The Morgan fingerprint density at radius 2 is 1.65 bits per heavy atom. The Balaban J connectivity index is 2.30. The van der Waals surface area contributed by atoms with Crippen LogP contribution < -0.4 is 0 Å². The molecule has 17 heavy (non-hydrogen) atoms. The topological polar surface area (TPSA) is 42.2 Å². The van der Waals surface area contributed by atoms with Gasteiger partial charge in [0.15, 0.2) is 0 Å². The van der Waals surface area contributed by atoms with Gasteiger partial charge in [-0.1, -0.05) is 32.1 Å². The molecular formula is C14H25NO2. The molecule has 1 fully saturated rings. The lowest BCUT2D eigenvalue weighted by molar-refractivity contribution is 0.0547. The highest BCUT2D eigenvalue weighted by atomic mass is 16.5. The van der Waals surface area contributed by atoms with Crippen LogP contribution in [0.5, 0.6) is 0 Å². The van der Waals surface area contributed by atoms with Crippen LogP contribution in [0.4, 0.5) is 0 Å². The van der Waals surface area contributed by atoms with E-state index in [4.69, 9.17) is 9.47 Å². The van der Waals surface area contributed by atoms with Gasteiger partial charge in [-0.05, 0) is 19.3 Å². The zero-order valence-corrected chi connectivity index (χ0v) is 11.0. The van der Waals surface area contributed by atoms with Crippen LogP contribution in [0.25, 0.3) is 0 Å². The van der Waals surface area contributed by atoms with Gasteiger partial charge in [-0.15, -0.1) is 0 Å². The molecule has 98 valence electrons. The van der Waals surface area contributed by atoms with Crippen LogP contribution >= 0.6 is 0 Å². The zero-order chi connectivity index (χ0) is 12.4. The highest BCUT2D eigenvalue weighted by molar-refractivity contribution is 4.99.